The van der Waals surface area contributed by atoms with Gasteiger partial charge in [0.1, 0.15) is 0 Å². The molecule has 1 aromatic carbocycles. The second-order valence-corrected chi connectivity index (χ2v) is 5.58. The van der Waals surface area contributed by atoms with Gasteiger partial charge >= 0.3 is 0 Å². The van der Waals surface area contributed by atoms with Gasteiger partial charge < -0.3 is 0 Å². The first-order chi connectivity index (χ1) is 9.33. The van der Waals surface area contributed by atoms with Gasteiger partial charge in [-0.2, -0.15) is 0 Å². The smallest absolute Gasteiger partial charge is 0.0257 e. The lowest BCUT2D eigenvalue weighted by Crippen LogP contribution is -1.80. The van der Waals surface area contributed by atoms with Gasteiger partial charge in [0.25, 0.3) is 0 Å². The molecule has 0 nitrogen and oxygen atoms in total. The maximum absolute atomic E-state index is 2.33. The minimum absolute atomic E-state index is 1.23. The van der Waals surface area contributed by atoms with Crippen molar-refractivity contribution in [3.05, 3.63) is 41.5 Å². The van der Waals surface area contributed by atoms with Gasteiger partial charge in [-0.25, -0.2) is 0 Å². The summed E-state index contributed by atoms with van der Waals surface area (Å²) in [7, 11) is 0. The van der Waals surface area contributed by atoms with Crippen molar-refractivity contribution in [2.75, 3.05) is 0 Å². The molecule has 0 fully saturated rings. The molecule has 1 aromatic rings. The van der Waals surface area contributed by atoms with Crippen molar-refractivity contribution in [3.63, 3.8) is 0 Å². The molecule has 0 aliphatic carbocycles. The molecular weight excluding hydrogens is 228 g/mol. The first-order valence-corrected chi connectivity index (χ1v) is 8.06. The Morgan fingerprint density at radius 3 is 2.26 bits per heavy atom. The van der Waals surface area contributed by atoms with E-state index in [0.717, 1.165) is 0 Å². The summed E-state index contributed by atoms with van der Waals surface area (Å²) in [6, 6.07) is 8.70. The Bertz CT molecular complexity index is 349. The minimum Gasteiger partial charge on any atom is -0.0839 e. The number of hydrogen-bond donors (Lipinski definition) is 0. The third-order valence-corrected chi connectivity index (χ3v) is 3.58. The van der Waals surface area contributed by atoms with E-state index in [4.69, 9.17) is 0 Å². The molecule has 0 amide bonds. The lowest BCUT2D eigenvalue weighted by atomic mass is 10.1. The van der Waals surface area contributed by atoms with Crippen LogP contribution in [0.3, 0.4) is 0 Å². The molecule has 19 heavy (non-hydrogen) atoms. The first-order valence-electron chi connectivity index (χ1n) is 8.06. The van der Waals surface area contributed by atoms with Crippen LogP contribution in [0.25, 0.3) is 6.08 Å². The molecule has 0 heterocycles. The number of unbranched alkanes of at least 4 members (excludes halogenated alkanes) is 8. The van der Waals surface area contributed by atoms with E-state index in [9.17, 15) is 0 Å². The van der Waals surface area contributed by atoms with E-state index in [1.54, 1.807) is 0 Å². The molecule has 0 saturated heterocycles. The molecule has 0 atom stereocenters. The lowest BCUT2D eigenvalue weighted by molar-refractivity contribution is 0.578. The molecule has 0 radical (unpaired) electrons. The summed E-state index contributed by atoms with van der Waals surface area (Å²) in [6.45, 7) is 4.43. The van der Waals surface area contributed by atoms with Crippen LogP contribution in [0, 0.1) is 6.92 Å². The third kappa shape index (κ3) is 8.64. The van der Waals surface area contributed by atoms with Crippen LogP contribution in [-0.4, -0.2) is 0 Å². The number of benzene rings is 1. The zero-order chi connectivity index (χ0) is 13.8. The highest BCUT2D eigenvalue weighted by atomic mass is 14.0. The van der Waals surface area contributed by atoms with Gasteiger partial charge in [0.15, 0.2) is 0 Å². The molecule has 0 aliphatic heterocycles. The summed E-state index contributed by atoms with van der Waals surface area (Å²) < 4.78 is 0. The summed E-state index contributed by atoms with van der Waals surface area (Å²) in [6.07, 6.45) is 17.0. The highest BCUT2D eigenvalue weighted by Gasteiger charge is 1.91. The maximum atomic E-state index is 2.33. The van der Waals surface area contributed by atoms with Crippen molar-refractivity contribution >= 4 is 6.08 Å². The molecule has 1 rings (SSSR count). The molecule has 0 saturated carbocycles. The molecule has 0 bridgehead atoms. The maximum Gasteiger partial charge on any atom is -0.0257 e. The van der Waals surface area contributed by atoms with Crippen molar-refractivity contribution in [3.8, 4) is 0 Å². The fourth-order valence-corrected chi connectivity index (χ4v) is 2.39. The number of rotatable bonds is 10. The van der Waals surface area contributed by atoms with Crippen LogP contribution in [0.2, 0.25) is 0 Å². The zero-order valence-electron chi connectivity index (χ0n) is 12.8. The van der Waals surface area contributed by atoms with E-state index in [2.05, 4.69) is 50.3 Å². The van der Waals surface area contributed by atoms with Gasteiger partial charge in [-0.1, -0.05) is 93.9 Å². The van der Waals surface area contributed by atoms with Crippen LogP contribution in [0.15, 0.2) is 30.3 Å². The Labute approximate surface area is 119 Å². The third-order valence-electron chi connectivity index (χ3n) is 3.58. The molecule has 0 unspecified atom stereocenters. The van der Waals surface area contributed by atoms with Crippen LogP contribution in [0.1, 0.15) is 75.8 Å². The van der Waals surface area contributed by atoms with Gasteiger partial charge in [-0.3, -0.25) is 0 Å². The Hall–Kier alpha value is -1.04. The van der Waals surface area contributed by atoms with Gasteiger partial charge in [-0.05, 0) is 25.3 Å². The highest BCUT2D eigenvalue weighted by Crippen LogP contribution is 2.11. The second kappa shape index (κ2) is 10.8. The predicted molar refractivity (Wildman–Crippen MR) is 87.4 cm³/mol. The lowest BCUT2D eigenvalue weighted by Gasteiger charge is -2.00. The van der Waals surface area contributed by atoms with Crippen molar-refractivity contribution < 1.29 is 0 Å². The minimum atomic E-state index is 1.23. The fourth-order valence-electron chi connectivity index (χ4n) is 2.39. The summed E-state index contributed by atoms with van der Waals surface area (Å²) in [5, 5.41) is 0. The van der Waals surface area contributed by atoms with Gasteiger partial charge in [-0.15, -0.1) is 0 Å². The van der Waals surface area contributed by atoms with E-state index < -0.39 is 0 Å². The van der Waals surface area contributed by atoms with E-state index in [1.807, 2.05) is 0 Å². The van der Waals surface area contributed by atoms with Crippen LogP contribution >= 0.6 is 0 Å². The molecule has 0 heteroatoms. The predicted octanol–water partition coefficient (Wildman–Crippen LogP) is 6.54. The Kier molecular flexibility index (Phi) is 9.14. The summed E-state index contributed by atoms with van der Waals surface area (Å²) in [4.78, 5) is 0. The molecule has 0 aliphatic rings. The van der Waals surface area contributed by atoms with Crippen molar-refractivity contribution in [2.45, 2.75) is 71.6 Å². The van der Waals surface area contributed by atoms with E-state index in [-0.39, 0.29) is 0 Å². The van der Waals surface area contributed by atoms with Gasteiger partial charge in [0, 0.05) is 0 Å². The van der Waals surface area contributed by atoms with E-state index >= 15 is 0 Å². The zero-order valence-corrected chi connectivity index (χ0v) is 12.8. The average molecular weight is 258 g/mol. The average Bonchev–Trinajstić information content (AvgIpc) is 2.41. The second-order valence-electron chi connectivity index (χ2n) is 5.58. The summed E-state index contributed by atoms with van der Waals surface area (Å²) in [5.74, 6) is 0. The van der Waals surface area contributed by atoms with Crippen LogP contribution in [-0.2, 0) is 0 Å². The monoisotopic (exact) mass is 258 g/mol. The number of aryl methyl sites for hydroxylation is 1. The fraction of sp³-hybridized carbons (Fsp3) is 0.579. The number of hydrogen-bond acceptors (Lipinski definition) is 0. The van der Waals surface area contributed by atoms with E-state index in [0.29, 0.717) is 0 Å². The largest absolute Gasteiger partial charge is 0.0839 e. The topological polar surface area (TPSA) is 0 Å². The molecule has 0 spiro atoms. The van der Waals surface area contributed by atoms with Crippen LogP contribution < -0.4 is 0 Å². The normalized spacial score (nSPS) is 11.3. The van der Waals surface area contributed by atoms with Crippen molar-refractivity contribution in [1.82, 2.24) is 0 Å². The number of allylic oxidation sites excluding steroid dienone is 1. The first kappa shape index (κ1) is 16.0. The Balaban J connectivity index is 1.99. The molecule has 0 N–H and O–H groups in total. The quantitative estimate of drug-likeness (QED) is 0.418. The SMILES string of the molecule is CCCCCCCCCC/C=C/c1cccc(C)c1. The summed E-state index contributed by atoms with van der Waals surface area (Å²) >= 11 is 0. The molecular formula is C19H30. The van der Waals surface area contributed by atoms with Crippen LogP contribution in [0.5, 0.6) is 0 Å². The van der Waals surface area contributed by atoms with Crippen LogP contribution in [0.4, 0.5) is 0 Å². The van der Waals surface area contributed by atoms with Crippen molar-refractivity contribution in [1.29, 1.82) is 0 Å². The van der Waals surface area contributed by atoms with Gasteiger partial charge in [0.05, 0.1) is 0 Å². The molecule has 106 valence electrons. The van der Waals surface area contributed by atoms with Gasteiger partial charge in [0.2, 0.25) is 0 Å². The van der Waals surface area contributed by atoms with E-state index in [1.165, 1.54) is 68.9 Å². The standard InChI is InChI=1S/C19H30/c1-3-4-5-6-7-8-9-10-11-12-15-19-16-13-14-18(2)17-19/h12-17H,3-11H2,1-2H3/b15-12+. The Morgan fingerprint density at radius 2 is 1.58 bits per heavy atom. The van der Waals surface area contributed by atoms with Crippen molar-refractivity contribution in [2.24, 2.45) is 0 Å². The highest BCUT2D eigenvalue weighted by molar-refractivity contribution is 5.49. The molecule has 0 aromatic heterocycles. The Morgan fingerprint density at radius 1 is 0.895 bits per heavy atom. The summed E-state index contributed by atoms with van der Waals surface area (Å²) in [5.41, 5.74) is 2.67.